The van der Waals surface area contributed by atoms with Crippen LogP contribution in [0.1, 0.15) is 12.5 Å². The molecule has 102 valence electrons. The molecule has 0 fully saturated rings. The summed E-state index contributed by atoms with van der Waals surface area (Å²) in [7, 11) is 0. The molecule has 0 heterocycles. The second-order valence-corrected chi connectivity index (χ2v) is 3.73. The number of nitro benzene ring substituents is 2. The maximum Gasteiger partial charge on any atom is 0.318 e. The van der Waals surface area contributed by atoms with Crippen LogP contribution in [0.25, 0.3) is 0 Å². The largest absolute Gasteiger partial charge is 0.497 e. The van der Waals surface area contributed by atoms with Crippen LogP contribution in [0.15, 0.2) is 12.1 Å². The third-order valence-corrected chi connectivity index (χ3v) is 2.31. The van der Waals surface area contributed by atoms with Gasteiger partial charge in [0.1, 0.15) is 0 Å². The molecule has 0 saturated heterocycles. The van der Waals surface area contributed by atoms with Crippen molar-refractivity contribution in [1.29, 1.82) is 0 Å². The minimum Gasteiger partial charge on any atom is -0.497 e. The Morgan fingerprint density at radius 1 is 1.26 bits per heavy atom. The van der Waals surface area contributed by atoms with Crippen molar-refractivity contribution in [3.05, 3.63) is 37.9 Å². The lowest BCUT2D eigenvalue weighted by Crippen LogP contribution is -2.22. The zero-order chi connectivity index (χ0) is 14.6. The lowest BCUT2D eigenvalue weighted by atomic mass is 10.1. The molecule has 0 aromatic heterocycles. The summed E-state index contributed by atoms with van der Waals surface area (Å²) in [5.74, 6) is -1.25. The average molecular weight is 269 g/mol. The molecule has 2 N–H and O–H groups in total. The van der Waals surface area contributed by atoms with Crippen molar-refractivity contribution in [3.63, 3.8) is 0 Å². The number of phenolic OH excluding ortho intramolecular Hbond substituents is 1. The number of nitrogens with one attached hydrogen (secondary N) is 1. The summed E-state index contributed by atoms with van der Waals surface area (Å²) in [4.78, 5) is 30.2. The number of phenols is 1. The number of benzene rings is 1. The topological polar surface area (TPSA) is 136 Å². The van der Waals surface area contributed by atoms with Crippen LogP contribution in [0.2, 0.25) is 0 Å². The van der Waals surface area contributed by atoms with E-state index in [9.17, 15) is 30.1 Å². The molecule has 0 unspecified atom stereocenters. The van der Waals surface area contributed by atoms with E-state index in [1.807, 2.05) is 0 Å². The van der Waals surface area contributed by atoms with Gasteiger partial charge in [0, 0.05) is 25.6 Å². The maximum absolute atomic E-state index is 10.7. The molecule has 1 aromatic carbocycles. The summed E-state index contributed by atoms with van der Waals surface area (Å²) in [6.45, 7) is 1.50. The molecular formula is C10H11N3O6. The van der Waals surface area contributed by atoms with E-state index >= 15 is 0 Å². The number of nitro groups is 2. The van der Waals surface area contributed by atoms with Crippen LogP contribution in [0.3, 0.4) is 0 Å². The second-order valence-electron chi connectivity index (χ2n) is 3.73. The van der Waals surface area contributed by atoms with Gasteiger partial charge in [-0.25, -0.2) is 0 Å². The first kappa shape index (κ1) is 14.4. The van der Waals surface area contributed by atoms with Crippen molar-refractivity contribution < 1.29 is 19.7 Å². The Morgan fingerprint density at radius 2 is 1.74 bits per heavy atom. The van der Waals surface area contributed by atoms with Crippen molar-refractivity contribution in [2.45, 2.75) is 13.3 Å². The van der Waals surface area contributed by atoms with Gasteiger partial charge >= 0.3 is 11.4 Å². The molecule has 0 bridgehead atoms. The molecule has 0 atom stereocenters. The molecule has 1 aromatic rings. The minimum atomic E-state index is -0.974. The van der Waals surface area contributed by atoms with Crippen LogP contribution in [0, 0.1) is 20.2 Å². The number of nitrogens with zero attached hydrogens (tertiary/aromatic N) is 2. The van der Waals surface area contributed by atoms with Crippen molar-refractivity contribution in [3.8, 4) is 5.75 Å². The van der Waals surface area contributed by atoms with Gasteiger partial charge in [0.05, 0.1) is 9.85 Å². The highest BCUT2D eigenvalue weighted by molar-refractivity contribution is 5.72. The van der Waals surface area contributed by atoms with Gasteiger partial charge in [-0.1, -0.05) is 0 Å². The molecule has 1 amide bonds. The smallest absolute Gasteiger partial charge is 0.318 e. The first-order chi connectivity index (χ1) is 8.82. The van der Waals surface area contributed by atoms with Crippen molar-refractivity contribution in [2.75, 3.05) is 6.54 Å². The summed E-state index contributed by atoms with van der Waals surface area (Å²) in [5, 5.41) is 33.2. The van der Waals surface area contributed by atoms with E-state index < -0.39 is 27.0 Å². The Hall–Kier alpha value is -2.71. The third-order valence-electron chi connectivity index (χ3n) is 2.31. The highest BCUT2D eigenvalue weighted by Crippen LogP contribution is 2.36. The Balaban J connectivity index is 3.08. The zero-order valence-corrected chi connectivity index (χ0v) is 9.95. The van der Waals surface area contributed by atoms with Crippen molar-refractivity contribution in [1.82, 2.24) is 5.32 Å². The lowest BCUT2D eigenvalue weighted by Gasteiger charge is -2.04. The predicted molar refractivity (Wildman–Crippen MR) is 63.8 cm³/mol. The number of carbonyl (C=O) groups is 1. The summed E-state index contributed by atoms with van der Waals surface area (Å²) in [5.41, 5.74) is -1.18. The van der Waals surface area contributed by atoms with Gasteiger partial charge in [0.2, 0.25) is 5.91 Å². The van der Waals surface area contributed by atoms with Gasteiger partial charge in [0.25, 0.3) is 5.75 Å². The Labute approximate surface area is 107 Å². The van der Waals surface area contributed by atoms with Crippen molar-refractivity contribution in [2.24, 2.45) is 0 Å². The predicted octanol–water partition coefficient (Wildman–Crippen LogP) is 0.887. The van der Waals surface area contributed by atoms with Crippen LogP contribution in [0.5, 0.6) is 5.75 Å². The van der Waals surface area contributed by atoms with Crippen LogP contribution in [-0.2, 0) is 11.2 Å². The highest BCUT2D eigenvalue weighted by atomic mass is 16.6. The molecule has 0 aliphatic heterocycles. The third kappa shape index (κ3) is 3.63. The monoisotopic (exact) mass is 269 g/mol. The molecular weight excluding hydrogens is 258 g/mol. The summed E-state index contributed by atoms with van der Waals surface area (Å²) >= 11 is 0. The Bertz CT molecular complexity index is 507. The molecule has 0 aliphatic carbocycles. The zero-order valence-electron chi connectivity index (χ0n) is 9.95. The van der Waals surface area contributed by atoms with Crippen LogP contribution in [0.4, 0.5) is 11.4 Å². The normalized spacial score (nSPS) is 9.95. The van der Waals surface area contributed by atoms with E-state index in [0.29, 0.717) is 0 Å². The molecule has 9 nitrogen and oxygen atoms in total. The van der Waals surface area contributed by atoms with Gasteiger partial charge in [-0.05, 0) is 12.0 Å². The molecule has 0 spiro atoms. The SMILES string of the molecule is CC(=O)NCCc1cc([N+](=O)[O-])c(O)c([N+](=O)[O-])c1. The standard InChI is InChI=1S/C10H11N3O6/c1-6(14)11-3-2-7-4-8(12(16)17)10(15)9(5-7)13(18)19/h4-5,15H,2-3H2,1H3,(H,11,14). The van der Waals surface area contributed by atoms with E-state index in [2.05, 4.69) is 5.32 Å². The minimum absolute atomic E-state index is 0.182. The number of hydrogen-bond donors (Lipinski definition) is 2. The summed E-state index contributed by atoms with van der Waals surface area (Å²) < 4.78 is 0. The number of amides is 1. The number of aromatic hydroxyl groups is 1. The van der Waals surface area contributed by atoms with Gasteiger partial charge in [-0.15, -0.1) is 0 Å². The fraction of sp³-hybridized carbons (Fsp3) is 0.300. The summed E-state index contributed by atoms with van der Waals surface area (Å²) in [6.07, 6.45) is 0.182. The van der Waals surface area contributed by atoms with Gasteiger partial charge in [-0.3, -0.25) is 25.0 Å². The number of hydrogen-bond acceptors (Lipinski definition) is 6. The first-order valence-corrected chi connectivity index (χ1v) is 5.22. The first-order valence-electron chi connectivity index (χ1n) is 5.22. The van der Waals surface area contributed by atoms with Gasteiger partial charge in [-0.2, -0.15) is 0 Å². The van der Waals surface area contributed by atoms with E-state index in [1.54, 1.807) is 0 Å². The average Bonchev–Trinajstić information content (AvgIpc) is 2.29. The van der Waals surface area contributed by atoms with E-state index in [-0.39, 0.29) is 24.4 Å². The summed E-state index contributed by atoms with van der Waals surface area (Å²) in [6, 6.07) is 2.09. The second kappa shape index (κ2) is 5.76. The van der Waals surface area contributed by atoms with Gasteiger partial charge in [0.15, 0.2) is 0 Å². The van der Waals surface area contributed by atoms with Gasteiger partial charge < -0.3 is 10.4 Å². The van der Waals surface area contributed by atoms with Crippen LogP contribution < -0.4 is 5.32 Å². The number of carbonyl (C=O) groups excluding carboxylic acids is 1. The van der Waals surface area contributed by atoms with Crippen molar-refractivity contribution >= 4 is 17.3 Å². The lowest BCUT2D eigenvalue weighted by molar-refractivity contribution is -0.396. The highest BCUT2D eigenvalue weighted by Gasteiger charge is 2.26. The maximum atomic E-state index is 10.7. The van der Waals surface area contributed by atoms with E-state index in [0.717, 1.165) is 12.1 Å². The quantitative estimate of drug-likeness (QED) is 0.601. The van der Waals surface area contributed by atoms with E-state index in [1.165, 1.54) is 6.92 Å². The molecule has 0 aliphatic rings. The van der Waals surface area contributed by atoms with Crippen LogP contribution >= 0.6 is 0 Å². The fourth-order valence-corrected chi connectivity index (χ4v) is 1.47. The molecule has 19 heavy (non-hydrogen) atoms. The fourth-order valence-electron chi connectivity index (χ4n) is 1.47. The number of rotatable bonds is 5. The van der Waals surface area contributed by atoms with Crippen LogP contribution in [-0.4, -0.2) is 27.4 Å². The molecule has 0 saturated carbocycles. The Kier molecular flexibility index (Phi) is 4.35. The molecule has 0 radical (unpaired) electrons. The molecule has 1 rings (SSSR count). The van der Waals surface area contributed by atoms with E-state index in [4.69, 9.17) is 0 Å². The Morgan fingerprint density at radius 3 is 2.11 bits per heavy atom. The molecule has 9 heteroatoms.